The molecule has 1 unspecified atom stereocenters. The summed E-state index contributed by atoms with van der Waals surface area (Å²) in [5.41, 5.74) is 1.21. The molecule has 194 valence electrons. The molecule has 2 amide bonds. The molecule has 0 aliphatic carbocycles. The molecule has 1 atom stereocenters. The molecule has 1 N–H and O–H groups in total. The van der Waals surface area contributed by atoms with Crippen LogP contribution in [0.4, 0.5) is 0 Å². The summed E-state index contributed by atoms with van der Waals surface area (Å²) in [5.74, 6) is -0.00723. The number of hydrogen-bond acceptors (Lipinski definition) is 6. The molecule has 3 aromatic rings. The lowest BCUT2D eigenvalue weighted by Crippen LogP contribution is -2.56. The molecule has 0 spiro atoms. The Balaban J connectivity index is 1.47. The molecular weight excluding hydrogens is 492 g/mol. The highest BCUT2D eigenvalue weighted by Crippen LogP contribution is 2.24. The predicted octanol–water partition coefficient (Wildman–Crippen LogP) is 4.01. The summed E-state index contributed by atoms with van der Waals surface area (Å²) in [5, 5.41) is 3.44. The van der Waals surface area contributed by atoms with Gasteiger partial charge in [0.05, 0.1) is 13.2 Å². The van der Waals surface area contributed by atoms with Gasteiger partial charge in [0.2, 0.25) is 11.8 Å². The number of piperazine rings is 1. The first-order valence-electron chi connectivity index (χ1n) is 12.4. The van der Waals surface area contributed by atoms with E-state index in [2.05, 4.69) is 22.1 Å². The lowest BCUT2D eigenvalue weighted by atomic mass is 10.2. The van der Waals surface area contributed by atoms with E-state index in [4.69, 9.17) is 21.1 Å². The highest BCUT2D eigenvalue weighted by Gasteiger charge is 2.30. The summed E-state index contributed by atoms with van der Waals surface area (Å²) in [6.45, 7) is 6.24. The van der Waals surface area contributed by atoms with E-state index < -0.39 is 11.9 Å². The minimum Gasteiger partial charge on any atom is -0.438 e. The van der Waals surface area contributed by atoms with Crippen LogP contribution in [0, 0.1) is 0 Å². The first-order chi connectivity index (χ1) is 18.0. The van der Waals surface area contributed by atoms with E-state index in [1.165, 1.54) is 0 Å². The molecule has 1 aliphatic rings. The van der Waals surface area contributed by atoms with E-state index in [1.54, 1.807) is 47.5 Å². The Morgan fingerprint density at radius 3 is 2.43 bits per heavy atom. The van der Waals surface area contributed by atoms with E-state index in [1.807, 2.05) is 30.3 Å². The van der Waals surface area contributed by atoms with Gasteiger partial charge in [0, 0.05) is 37.4 Å². The highest BCUT2D eigenvalue weighted by molar-refractivity contribution is 6.30. The molecule has 2 heterocycles. The summed E-state index contributed by atoms with van der Waals surface area (Å²) >= 11 is 5.96. The zero-order chi connectivity index (χ0) is 26.0. The van der Waals surface area contributed by atoms with Crippen LogP contribution in [0.1, 0.15) is 22.8 Å². The summed E-state index contributed by atoms with van der Waals surface area (Å²) in [6, 6.07) is 18.9. The molecule has 1 fully saturated rings. The van der Waals surface area contributed by atoms with Gasteiger partial charge in [-0.3, -0.25) is 9.59 Å². The van der Waals surface area contributed by atoms with Crippen molar-refractivity contribution in [3.63, 3.8) is 0 Å². The SMILES string of the molecule is CCN1CCN(C(=O)C(COCc2ccccc2)NC(=O)c2cccnc2Oc2ccc(Cl)cc2)CC1. The van der Waals surface area contributed by atoms with E-state index in [0.29, 0.717) is 30.5 Å². The van der Waals surface area contributed by atoms with Gasteiger partial charge >= 0.3 is 0 Å². The Morgan fingerprint density at radius 1 is 1.00 bits per heavy atom. The van der Waals surface area contributed by atoms with Gasteiger partial charge in [0.15, 0.2) is 0 Å². The maximum Gasteiger partial charge on any atom is 0.257 e. The van der Waals surface area contributed by atoms with Gasteiger partial charge in [0.1, 0.15) is 17.4 Å². The fourth-order valence-corrected chi connectivity index (χ4v) is 4.17. The molecule has 8 nitrogen and oxygen atoms in total. The number of pyridine rings is 1. The number of amides is 2. The van der Waals surface area contributed by atoms with Crippen LogP contribution < -0.4 is 10.1 Å². The van der Waals surface area contributed by atoms with Crippen LogP contribution in [0.25, 0.3) is 0 Å². The summed E-state index contributed by atoms with van der Waals surface area (Å²) in [4.78, 5) is 35.1. The van der Waals surface area contributed by atoms with Gasteiger partial charge in [-0.05, 0) is 48.5 Å². The molecule has 0 saturated carbocycles. The standard InChI is InChI=1S/C28H31ClN4O4/c1-2-32-15-17-33(18-16-32)28(35)25(20-36-19-21-7-4-3-5-8-21)31-26(34)24-9-6-14-30-27(24)37-23-12-10-22(29)11-13-23/h3-14,25H,2,15-20H2,1H3,(H,31,34). The Labute approximate surface area is 222 Å². The first kappa shape index (κ1) is 26.6. The average molecular weight is 523 g/mol. The maximum absolute atomic E-state index is 13.5. The molecule has 37 heavy (non-hydrogen) atoms. The van der Waals surface area contributed by atoms with Crippen LogP contribution in [0.5, 0.6) is 11.6 Å². The van der Waals surface area contributed by atoms with Crippen molar-refractivity contribution < 1.29 is 19.1 Å². The minimum atomic E-state index is -0.854. The van der Waals surface area contributed by atoms with Crippen molar-refractivity contribution in [2.75, 3.05) is 39.3 Å². The second kappa shape index (κ2) is 13.2. The van der Waals surface area contributed by atoms with Crippen molar-refractivity contribution >= 4 is 23.4 Å². The van der Waals surface area contributed by atoms with Gasteiger partial charge in [-0.1, -0.05) is 48.9 Å². The van der Waals surface area contributed by atoms with E-state index in [-0.39, 0.29) is 24.0 Å². The van der Waals surface area contributed by atoms with Crippen LogP contribution in [0.3, 0.4) is 0 Å². The molecule has 4 rings (SSSR count). The molecule has 2 aromatic carbocycles. The Morgan fingerprint density at radius 2 is 1.73 bits per heavy atom. The third kappa shape index (κ3) is 7.52. The van der Waals surface area contributed by atoms with Crippen molar-refractivity contribution in [2.45, 2.75) is 19.6 Å². The number of hydrogen-bond donors (Lipinski definition) is 1. The third-order valence-corrected chi connectivity index (χ3v) is 6.43. The number of nitrogens with one attached hydrogen (secondary N) is 1. The number of ether oxygens (including phenoxy) is 2. The molecule has 1 saturated heterocycles. The van der Waals surface area contributed by atoms with Crippen molar-refractivity contribution in [2.24, 2.45) is 0 Å². The number of halogens is 1. The van der Waals surface area contributed by atoms with Crippen LogP contribution in [0.15, 0.2) is 72.9 Å². The van der Waals surface area contributed by atoms with Crippen LogP contribution in [-0.4, -0.2) is 72.0 Å². The summed E-state index contributed by atoms with van der Waals surface area (Å²) in [6.07, 6.45) is 1.54. The van der Waals surface area contributed by atoms with Crippen LogP contribution in [0.2, 0.25) is 5.02 Å². The third-order valence-electron chi connectivity index (χ3n) is 6.17. The van der Waals surface area contributed by atoms with Gasteiger partial charge in [-0.2, -0.15) is 0 Å². The number of benzene rings is 2. The fraction of sp³-hybridized carbons (Fsp3) is 0.321. The molecule has 0 radical (unpaired) electrons. The average Bonchev–Trinajstić information content (AvgIpc) is 2.94. The van der Waals surface area contributed by atoms with Crippen molar-refractivity contribution in [3.05, 3.63) is 89.1 Å². The summed E-state index contributed by atoms with van der Waals surface area (Å²) in [7, 11) is 0. The largest absolute Gasteiger partial charge is 0.438 e. The molecule has 9 heteroatoms. The second-order valence-corrected chi connectivity index (χ2v) is 9.13. The second-order valence-electron chi connectivity index (χ2n) is 8.70. The van der Waals surface area contributed by atoms with Crippen molar-refractivity contribution in [1.82, 2.24) is 20.1 Å². The van der Waals surface area contributed by atoms with Gasteiger partial charge in [0.25, 0.3) is 5.91 Å². The van der Waals surface area contributed by atoms with Crippen molar-refractivity contribution in [1.29, 1.82) is 0 Å². The maximum atomic E-state index is 13.5. The number of carbonyl (C=O) groups excluding carboxylic acids is 2. The van der Waals surface area contributed by atoms with E-state index in [9.17, 15) is 9.59 Å². The molecule has 0 bridgehead atoms. The Kier molecular flexibility index (Phi) is 9.48. The molecular formula is C28H31ClN4O4. The van der Waals surface area contributed by atoms with Crippen LogP contribution in [-0.2, 0) is 16.1 Å². The number of likely N-dealkylation sites (N-methyl/N-ethyl adjacent to an activating group) is 1. The lowest BCUT2D eigenvalue weighted by molar-refractivity contribution is -0.136. The monoisotopic (exact) mass is 522 g/mol. The number of nitrogens with zero attached hydrogens (tertiary/aromatic N) is 3. The smallest absolute Gasteiger partial charge is 0.257 e. The topological polar surface area (TPSA) is 84.0 Å². The normalized spacial score (nSPS) is 14.7. The number of aromatic nitrogens is 1. The predicted molar refractivity (Wildman–Crippen MR) is 142 cm³/mol. The fourth-order valence-electron chi connectivity index (χ4n) is 4.04. The zero-order valence-electron chi connectivity index (χ0n) is 20.8. The van der Waals surface area contributed by atoms with Gasteiger partial charge < -0.3 is 24.6 Å². The number of carbonyl (C=O) groups is 2. The quantitative estimate of drug-likeness (QED) is 0.433. The van der Waals surface area contributed by atoms with Crippen molar-refractivity contribution in [3.8, 4) is 11.6 Å². The van der Waals surface area contributed by atoms with E-state index in [0.717, 1.165) is 25.2 Å². The zero-order valence-corrected chi connectivity index (χ0v) is 21.6. The Bertz CT molecular complexity index is 1170. The first-order valence-corrected chi connectivity index (χ1v) is 12.7. The summed E-state index contributed by atoms with van der Waals surface area (Å²) < 4.78 is 11.7. The Hall–Kier alpha value is -3.46. The molecule has 1 aromatic heterocycles. The highest BCUT2D eigenvalue weighted by atomic mass is 35.5. The van der Waals surface area contributed by atoms with Gasteiger partial charge in [-0.15, -0.1) is 0 Å². The van der Waals surface area contributed by atoms with Crippen LogP contribution >= 0.6 is 11.6 Å². The van der Waals surface area contributed by atoms with Gasteiger partial charge in [-0.25, -0.2) is 4.98 Å². The lowest BCUT2D eigenvalue weighted by Gasteiger charge is -2.36. The molecule has 1 aliphatic heterocycles. The minimum absolute atomic E-state index is 0.0428. The number of rotatable bonds is 10. The van der Waals surface area contributed by atoms with E-state index >= 15 is 0 Å².